The van der Waals surface area contributed by atoms with E-state index in [0.29, 0.717) is 12.2 Å². The lowest BCUT2D eigenvalue weighted by atomic mass is 10.2. The third-order valence-electron chi connectivity index (χ3n) is 4.08. The number of likely N-dealkylation sites (N-methyl/N-ethyl adjacent to an activating group) is 1. The molecular formula is C18H19N5O4. The van der Waals surface area contributed by atoms with E-state index >= 15 is 0 Å². The van der Waals surface area contributed by atoms with E-state index in [4.69, 9.17) is 4.42 Å². The number of rotatable bonds is 7. The summed E-state index contributed by atoms with van der Waals surface area (Å²) in [4.78, 5) is 24.8. The molecule has 1 amide bonds. The molecule has 9 heteroatoms. The number of non-ortho nitro benzene ring substituents is 1. The molecule has 1 atom stereocenters. The Morgan fingerprint density at radius 2 is 2.15 bits per heavy atom. The van der Waals surface area contributed by atoms with E-state index in [1.54, 1.807) is 36.7 Å². The molecule has 0 saturated carbocycles. The highest BCUT2D eigenvalue weighted by Crippen LogP contribution is 2.18. The van der Waals surface area contributed by atoms with E-state index in [1.807, 2.05) is 25.1 Å². The molecule has 1 N–H and O–H groups in total. The summed E-state index contributed by atoms with van der Waals surface area (Å²) < 4.78 is 6.85. The molecule has 3 aromatic rings. The molecule has 3 rings (SSSR count). The number of nitro benzene ring substituents is 1. The average molecular weight is 369 g/mol. The number of hydrogen-bond donors (Lipinski definition) is 1. The topological polar surface area (TPSA) is 106 Å². The minimum Gasteiger partial charge on any atom is -0.468 e. The van der Waals surface area contributed by atoms with Crippen molar-refractivity contribution >= 4 is 11.6 Å². The van der Waals surface area contributed by atoms with E-state index < -0.39 is 4.92 Å². The lowest BCUT2D eigenvalue weighted by molar-refractivity contribution is -0.384. The van der Waals surface area contributed by atoms with Crippen LogP contribution in [-0.2, 0) is 0 Å². The van der Waals surface area contributed by atoms with E-state index in [-0.39, 0.29) is 23.3 Å². The highest BCUT2D eigenvalue weighted by atomic mass is 16.6. The van der Waals surface area contributed by atoms with Gasteiger partial charge in [0.25, 0.3) is 11.6 Å². The first kappa shape index (κ1) is 18.3. The number of aromatic nitrogens is 2. The van der Waals surface area contributed by atoms with Crippen LogP contribution in [-0.4, -0.2) is 46.2 Å². The number of amides is 1. The quantitative estimate of drug-likeness (QED) is 0.506. The third kappa shape index (κ3) is 4.21. The van der Waals surface area contributed by atoms with Crippen molar-refractivity contribution in [3.05, 3.63) is 76.5 Å². The second-order valence-electron chi connectivity index (χ2n) is 6.13. The summed E-state index contributed by atoms with van der Waals surface area (Å²) in [7, 11) is 3.80. The van der Waals surface area contributed by atoms with Crippen LogP contribution >= 0.6 is 0 Å². The molecule has 27 heavy (non-hydrogen) atoms. The zero-order valence-corrected chi connectivity index (χ0v) is 14.9. The maximum absolute atomic E-state index is 12.4. The maximum Gasteiger partial charge on any atom is 0.271 e. The van der Waals surface area contributed by atoms with E-state index in [1.165, 1.54) is 16.8 Å². The van der Waals surface area contributed by atoms with Crippen LogP contribution in [0.1, 0.15) is 22.3 Å². The number of nitrogens with one attached hydrogen (secondary N) is 1. The molecule has 0 aliphatic heterocycles. The van der Waals surface area contributed by atoms with Crippen LogP contribution in [0.3, 0.4) is 0 Å². The van der Waals surface area contributed by atoms with Crippen molar-refractivity contribution in [2.45, 2.75) is 6.04 Å². The summed E-state index contributed by atoms with van der Waals surface area (Å²) >= 11 is 0. The van der Waals surface area contributed by atoms with Crippen LogP contribution in [0.25, 0.3) is 5.69 Å². The fourth-order valence-corrected chi connectivity index (χ4v) is 2.64. The lowest BCUT2D eigenvalue weighted by Crippen LogP contribution is -2.34. The second-order valence-corrected chi connectivity index (χ2v) is 6.13. The van der Waals surface area contributed by atoms with Crippen LogP contribution in [0.4, 0.5) is 5.69 Å². The molecule has 0 aliphatic rings. The number of nitrogens with zero attached hydrogens (tertiary/aromatic N) is 4. The van der Waals surface area contributed by atoms with Gasteiger partial charge in [-0.1, -0.05) is 6.07 Å². The summed E-state index contributed by atoms with van der Waals surface area (Å²) in [6.07, 6.45) is 3.18. The van der Waals surface area contributed by atoms with Gasteiger partial charge in [-0.05, 0) is 38.4 Å². The first-order chi connectivity index (χ1) is 13.0. The van der Waals surface area contributed by atoms with Gasteiger partial charge in [-0.2, -0.15) is 5.10 Å². The van der Waals surface area contributed by atoms with Crippen molar-refractivity contribution in [2.24, 2.45) is 0 Å². The Bertz CT molecular complexity index is 933. The molecule has 2 heterocycles. The van der Waals surface area contributed by atoms with Gasteiger partial charge in [0, 0.05) is 24.9 Å². The van der Waals surface area contributed by atoms with Crippen molar-refractivity contribution < 1.29 is 14.1 Å². The molecule has 1 aromatic carbocycles. The van der Waals surface area contributed by atoms with Crippen LogP contribution < -0.4 is 5.32 Å². The number of carbonyl (C=O) groups is 1. The van der Waals surface area contributed by atoms with E-state index in [2.05, 4.69) is 10.4 Å². The monoisotopic (exact) mass is 369 g/mol. The molecule has 2 aromatic heterocycles. The molecule has 0 saturated heterocycles. The maximum atomic E-state index is 12.4. The van der Waals surface area contributed by atoms with Crippen molar-refractivity contribution in [1.82, 2.24) is 20.0 Å². The molecule has 0 spiro atoms. The average Bonchev–Trinajstić information content (AvgIpc) is 3.34. The SMILES string of the molecule is CN(C)C(CNC(=O)c1ccn(-c2cccc([N+](=O)[O-])c2)n1)c1ccco1. The van der Waals surface area contributed by atoms with Gasteiger partial charge < -0.3 is 9.73 Å². The number of carbonyl (C=O) groups excluding carboxylic acids is 1. The van der Waals surface area contributed by atoms with Crippen molar-refractivity contribution in [1.29, 1.82) is 0 Å². The molecule has 0 radical (unpaired) electrons. The Morgan fingerprint density at radius 3 is 2.81 bits per heavy atom. The Labute approximate surface area is 155 Å². The van der Waals surface area contributed by atoms with E-state index in [0.717, 1.165) is 5.76 Å². The standard InChI is InChI=1S/C18H19N5O4/c1-21(2)16(17-7-4-10-27-17)12-19-18(24)15-8-9-22(20-15)13-5-3-6-14(11-13)23(25)26/h3-11,16H,12H2,1-2H3,(H,19,24). The van der Waals surface area contributed by atoms with Gasteiger partial charge in [0.2, 0.25) is 0 Å². The number of hydrogen-bond acceptors (Lipinski definition) is 6. The van der Waals surface area contributed by atoms with E-state index in [9.17, 15) is 14.9 Å². The summed E-state index contributed by atoms with van der Waals surface area (Å²) in [6.45, 7) is 0.350. The van der Waals surface area contributed by atoms with Crippen molar-refractivity contribution in [2.75, 3.05) is 20.6 Å². The Balaban J connectivity index is 1.70. The first-order valence-electron chi connectivity index (χ1n) is 8.24. The number of furan rings is 1. The van der Waals surface area contributed by atoms with Crippen LogP contribution in [0.5, 0.6) is 0 Å². The molecule has 9 nitrogen and oxygen atoms in total. The second kappa shape index (κ2) is 7.83. The van der Waals surface area contributed by atoms with Gasteiger partial charge >= 0.3 is 0 Å². The zero-order chi connectivity index (χ0) is 19.4. The van der Waals surface area contributed by atoms with Crippen LogP contribution in [0.2, 0.25) is 0 Å². The summed E-state index contributed by atoms with van der Waals surface area (Å²) in [5, 5.41) is 17.9. The predicted molar refractivity (Wildman–Crippen MR) is 97.7 cm³/mol. The highest BCUT2D eigenvalue weighted by Gasteiger charge is 2.19. The normalized spacial score (nSPS) is 12.1. The smallest absolute Gasteiger partial charge is 0.271 e. The minimum atomic E-state index is -0.476. The predicted octanol–water partition coefficient (Wildman–Crippen LogP) is 2.41. The van der Waals surface area contributed by atoms with Crippen LogP contribution in [0.15, 0.2) is 59.3 Å². The van der Waals surface area contributed by atoms with Gasteiger partial charge in [-0.3, -0.25) is 19.8 Å². The van der Waals surface area contributed by atoms with Crippen molar-refractivity contribution in [3.63, 3.8) is 0 Å². The molecular weight excluding hydrogens is 350 g/mol. The fraction of sp³-hybridized carbons (Fsp3) is 0.222. The Kier molecular flexibility index (Phi) is 5.32. The van der Waals surface area contributed by atoms with Gasteiger partial charge in [-0.15, -0.1) is 0 Å². The number of nitro groups is 1. The van der Waals surface area contributed by atoms with Gasteiger partial charge in [0.05, 0.1) is 22.9 Å². The summed E-state index contributed by atoms with van der Waals surface area (Å²) in [5.74, 6) is 0.417. The van der Waals surface area contributed by atoms with Crippen LogP contribution in [0, 0.1) is 10.1 Å². The summed E-state index contributed by atoms with van der Waals surface area (Å²) in [6, 6.07) is 11.2. The summed E-state index contributed by atoms with van der Waals surface area (Å²) in [5.41, 5.74) is 0.685. The Morgan fingerprint density at radius 1 is 1.33 bits per heavy atom. The minimum absolute atomic E-state index is 0.0405. The number of benzene rings is 1. The van der Waals surface area contributed by atoms with Gasteiger partial charge in [0.15, 0.2) is 5.69 Å². The molecule has 0 aliphatic carbocycles. The molecule has 0 bridgehead atoms. The fourth-order valence-electron chi connectivity index (χ4n) is 2.64. The zero-order valence-electron chi connectivity index (χ0n) is 14.9. The Hall–Kier alpha value is -3.46. The van der Waals surface area contributed by atoms with Gasteiger partial charge in [-0.25, -0.2) is 4.68 Å². The largest absolute Gasteiger partial charge is 0.468 e. The molecule has 1 unspecified atom stereocenters. The third-order valence-corrected chi connectivity index (χ3v) is 4.08. The van der Waals surface area contributed by atoms with Crippen molar-refractivity contribution in [3.8, 4) is 5.69 Å². The van der Waals surface area contributed by atoms with Gasteiger partial charge in [0.1, 0.15) is 5.76 Å². The lowest BCUT2D eigenvalue weighted by Gasteiger charge is -2.22. The molecule has 0 fully saturated rings. The first-order valence-corrected chi connectivity index (χ1v) is 8.24. The molecule has 140 valence electrons. The highest BCUT2D eigenvalue weighted by molar-refractivity contribution is 5.92.